The van der Waals surface area contributed by atoms with Crippen molar-refractivity contribution in [2.45, 2.75) is 18.7 Å². The summed E-state index contributed by atoms with van der Waals surface area (Å²) in [6.07, 6.45) is 1.12. The van der Waals surface area contributed by atoms with Crippen LogP contribution in [0.4, 0.5) is 5.69 Å². The number of nitrogens with one attached hydrogen (secondary N) is 1. The minimum Gasteiger partial charge on any atom is -0.481 e. The molecule has 2 N–H and O–H groups in total. The number of sulfone groups is 1. The van der Waals surface area contributed by atoms with Crippen LogP contribution in [0.2, 0.25) is 0 Å². The summed E-state index contributed by atoms with van der Waals surface area (Å²) in [7, 11) is -3.33. The van der Waals surface area contributed by atoms with Crippen LogP contribution in [0.5, 0.6) is 0 Å². The largest absolute Gasteiger partial charge is 0.481 e. The SMILES string of the molecule is CC(C)(CNc1ccccc1S(C)(=O)=O)C(=O)O. The minimum absolute atomic E-state index is 0.148. The minimum atomic E-state index is -3.33. The number of carboxylic acid groups (broad SMARTS) is 1. The molecule has 100 valence electrons. The lowest BCUT2D eigenvalue weighted by molar-refractivity contribution is -0.146. The average molecular weight is 271 g/mol. The summed E-state index contributed by atoms with van der Waals surface area (Å²) < 4.78 is 23.1. The maximum Gasteiger partial charge on any atom is 0.310 e. The highest BCUT2D eigenvalue weighted by Gasteiger charge is 2.27. The third-order valence-corrected chi connectivity index (χ3v) is 3.74. The Kier molecular flexibility index (Phi) is 4.01. The van der Waals surface area contributed by atoms with Gasteiger partial charge in [0.25, 0.3) is 0 Å². The number of rotatable bonds is 5. The summed E-state index contributed by atoms with van der Waals surface area (Å²) in [6, 6.07) is 6.44. The van der Waals surface area contributed by atoms with Crippen molar-refractivity contribution in [1.82, 2.24) is 0 Å². The van der Waals surface area contributed by atoms with Crippen LogP contribution in [0.3, 0.4) is 0 Å². The smallest absolute Gasteiger partial charge is 0.310 e. The second-order valence-corrected chi connectivity index (χ2v) is 6.80. The standard InChI is InChI=1S/C12H17NO4S/c1-12(2,11(14)15)8-13-9-6-4-5-7-10(9)18(3,16)17/h4-7,13H,8H2,1-3H3,(H,14,15). The van der Waals surface area contributed by atoms with Crippen molar-refractivity contribution in [3.8, 4) is 0 Å². The van der Waals surface area contributed by atoms with Crippen molar-refractivity contribution in [3.63, 3.8) is 0 Å². The lowest BCUT2D eigenvalue weighted by Crippen LogP contribution is -2.32. The molecule has 0 saturated heterocycles. The number of hydrogen-bond donors (Lipinski definition) is 2. The molecule has 0 unspecified atom stereocenters. The molecule has 1 rings (SSSR count). The number of carbonyl (C=O) groups is 1. The molecule has 0 spiro atoms. The Hall–Kier alpha value is -1.56. The first kappa shape index (κ1) is 14.5. The number of benzene rings is 1. The highest BCUT2D eigenvalue weighted by molar-refractivity contribution is 7.90. The van der Waals surface area contributed by atoms with Crippen LogP contribution >= 0.6 is 0 Å². The van der Waals surface area contributed by atoms with E-state index in [1.165, 1.54) is 6.07 Å². The number of para-hydroxylation sites is 1. The zero-order chi connectivity index (χ0) is 14.0. The van der Waals surface area contributed by atoms with Crippen molar-refractivity contribution in [1.29, 1.82) is 0 Å². The maximum absolute atomic E-state index is 11.6. The molecule has 0 heterocycles. The molecule has 0 amide bonds. The Morgan fingerprint density at radius 1 is 1.33 bits per heavy atom. The molecule has 0 aliphatic heterocycles. The number of carboxylic acids is 1. The molecule has 6 heteroatoms. The van der Waals surface area contributed by atoms with Gasteiger partial charge in [0.05, 0.1) is 16.0 Å². The van der Waals surface area contributed by atoms with Crippen LogP contribution in [0.25, 0.3) is 0 Å². The van der Waals surface area contributed by atoms with E-state index in [0.717, 1.165) is 6.26 Å². The Morgan fingerprint density at radius 2 is 1.89 bits per heavy atom. The second kappa shape index (κ2) is 4.97. The summed E-state index contributed by atoms with van der Waals surface area (Å²) >= 11 is 0. The first-order chi connectivity index (χ1) is 8.14. The van der Waals surface area contributed by atoms with Crippen LogP contribution in [-0.4, -0.2) is 32.3 Å². The van der Waals surface area contributed by atoms with Gasteiger partial charge in [-0.1, -0.05) is 12.1 Å². The van der Waals surface area contributed by atoms with Crippen LogP contribution in [0.1, 0.15) is 13.8 Å². The van der Waals surface area contributed by atoms with Crippen molar-refractivity contribution < 1.29 is 18.3 Å². The fourth-order valence-corrected chi connectivity index (χ4v) is 2.19. The van der Waals surface area contributed by atoms with Gasteiger partial charge < -0.3 is 10.4 Å². The molecule has 0 aromatic heterocycles. The summed E-state index contributed by atoms with van der Waals surface area (Å²) in [5.74, 6) is -0.938. The number of aliphatic carboxylic acids is 1. The van der Waals surface area contributed by atoms with Gasteiger partial charge in [-0.05, 0) is 26.0 Å². The first-order valence-electron chi connectivity index (χ1n) is 5.41. The van der Waals surface area contributed by atoms with E-state index in [1.807, 2.05) is 0 Å². The lowest BCUT2D eigenvalue weighted by atomic mass is 9.94. The molecule has 0 bridgehead atoms. The van der Waals surface area contributed by atoms with E-state index < -0.39 is 21.2 Å². The fraction of sp³-hybridized carbons (Fsp3) is 0.417. The fourth-order valence-electron chi connectivity index (χ4n) is 1.33. The molecule has 0 atom stereocenters. The highest BCUT2D eigenvalue weighted by atomic mass is 32.2. The van der Waals surface area contributed by atoms with Crippen LogP contribution in [0.15, 0.2) is 29.2 Å². The van der Waals surface area contributed by atoms with Crippen molar-refractivity contribution in [2.75, 3.05) is 18.1 Å². The van der Waals surface area contributed by atoms with E-state index in [1.54, 1.807) is 32.0 Å². The van der Waals surface area contributed by atoms with Gasteiger partial charge in [-0.3, -0.25) is 4.79 Å². The predicted octanol–water partition coefficient (Wildman–Crippen LogP) is 1.61. The van der Waals surface area contributed by atoms with E-state index in [0.29, 0.717) is 5.69 Å². The molecule has 0 fully saturated rings. The quantitative estimate of drug-likeness (QED) is 0.850. The summed E-state index contributed by atoms with van der Waals surface area (Å²) in [6.45, 7) is 3.30. The molecule has 0 saturated carbocycles. The van der Waals surface area contributed by atoms with E-state index in [4.69, 9.17) is 5.11 Å². The summed E-state index contributed by atoms with van der Waals surface area (Å²) in [5.41, 5.74) is -0.542. The molecule has 0 aliphatic carbocycles. The monoisotopic (exact) mass is 271 g/mol. The summed E-state index contributed by atoms with van der Waals surface area (Å²) in [4.78, 5) is 11.1. The zero-order valence-corrected chi connectivity index (χ0v) is 11.4. The predicted molar refractivity (Wildman–Crippen MR) is 69.5 cm³/mol. The lowest BCUT2D eigenvalue weighted by Gasteiger charge is -2.21. The normalized spacial score (nSPS) is 12.2. The molecule has 0 radical (unpaired) electrons. The van der Waals surface area contributed by atoms with Gasteiger partial charge in [0.2, 0.25) is 0 Å². The third kappa shape index (κ3) is 3.46. The topological polar surface area (TPSA) is 83.5 Å². The van der Waals surface area contributed by atoms with Crippen LogP contribution in [0, 0.1) is 5.41 Å². The highest BCUT2D eigenvalue weighted by Crippen LogP contribution is 2.23. The van der Waals surface area contributed by atoms with Gasteiger partial charge in [-0.15, -0.1) is 0 Å². The van der Waals surface area contributed by atoms with Gasteiger partial charge in [0.1, 0.15) is 0 Å². The first-order valence-corrected chi connectivity index (χ1v) is 7.30. The number of anilines is 1. The van der Waals surface area contributed by atoms with E-state index >= 15 is 0 Å². The van der Waals surface area contributed by atoms with E-state index in [2.05, 4.69) is 5.32 Å². The van der Waals surface area contributed by atoms with Gasteiger partial charge in [-0.25, -0.2) is 8.42 Å². The van der Waals surface area contributed by atoms with E-state index in [-0.39, 0.29) is 11.4 Å². The second-order valence-electron chi connectivity index (χ2n) is 4.81. The molecule has 0 aliphatic rings. The molecular formula is C12H17NO4S. The zero-order valence-electron chi connectivity index (χ0n) is 10.6. The molecule has 18 heavy (non-hydrogen) atoms. The Balaban J connectivity index is 2.97. The molecular weight excluding hydrogens is 254 g/mol. The summed E-state index contributed by atoms with van der Waals surface area (Å²) in [5, 5.41) is 11.9. The van der Waals surface area contributed by atoms with E-state index in [9.17, 15) is 13.2 Å². The van der Waals surface area contributed by atoms with Gasteiger partial charge in [0.15, 0.2) is 9.84 Å². The maximum atomic E-state index is 11.6. The Morgan fingerprint density at radius 3 is 2.39 bits per heavy atom. The van der Waals surface area contributed by atoms with Crippen LogP contribution < -0.4 is 5.32 Å². The Bertz CT molecular complexity index is 549. The number of hydrogen-bond acceptors (Lipinski definition) is 4. The Labute approximate surface area is 107 Å². The van der Waals surface area contributed by atoms with Gasteiger partial charge in [0, 0.05) is 12.8 Å². The van der Waals surface area contributed by atoms with Gasteiger partial charge >= 0.3 is 5.97 Å². The molecule has 1 aromatic rings. The molecule has 1 aromatic carbocycles. The van der Waals surface area contributed by atoms with Crippen molar-refractivity contribution >= 4 is 21.5 Å². The third-order valence-electron chi connectivity index (χ3n) is 2.59. The van der Waals surface area contributed by atoms with Gasteiger partial charge in [-0.2, -0.15) is 0 Å². The van der Waals surface area contributed by atoms with Crippen molar-refractivity contribution in [3.05, 3.63) is 24.3 Å². The van der Waals surface area contributed by atoms with Crippen LogP contribution in [-0.2, 0) is 14.6 Å². The average Bonchev–Trinajstić information content (AvgIpc) is 2.25. The van der Waals surface area contributed by atoms with Crippen molar-refractivity contribution in [2.24, 2.45) is 5.41 Å². The molecule has 5 nitrogen and oxygen atoms in total.